The molecule has 1 aromatic carbocycles. The average Bonchev–Trinajstić information content (AvgIpc) is 2.60. The summed E-state index contributed by atoms with van der Waals surface area (Å²) in [6.45, 7) is 1.23. The maximum Gasteiger partial charge on any atom is 0.405 e. The van der Waals surface area contributed by atoms with Crippen LogP contribution in [0.5, 0.6) is 0 Å². The Labute approximate surface area is 149 Å². The highest BCUT2D eigenvalue weighted by Gasteiger charge is 2.43. The van der Waals surface area contributed by atoms with Crippen LogP contribution in [0.25, 0.3) is 0 Å². The molecule has 1 heterocycles. The number of rotatable bonds is 6. The topological polar surface area (TPSA) is 99.5 Å². The van der Waals surface area contributed by atoms with Gasteiger partial charge in [0.1, 0.15) is 6.04 Å². The van der Waals surface area contributed by atoms with E-state index in [1.165, 1.54) is 17.0 Å². The molecule has 1 aliphatic rings. The molecule has 1 unspecified atom stereocenters. The highest BCUT2D eigenvalue weighted by atomic mass is 19.4. The molecular formula is C16H22F3N5O2. The predicted octanol–water partition coefficient (Wildman–Crippen LogP) is 0.421. The minimum atomic E-state index is -4.42. The molecule has 144 valence electrons. The minimum Gasteiger partial charge on any atom is -0.352 e. The molecule has 7 nitrogen and oxygen atoms in total. The average molecular weight is 373 g/mol. The van der Waals surface area contributed by atoms with Crippen molar-refractivity contribution in [1.82, 2.24) is 20.9 Å². The lowest BCUT2D eigenvalue weighted by Gasteiger charge is -2.35. The first-order chi connectivity index (χ1) is 12.3. The van der Waals surface area contributed by atoms with Crippen LogP contribution < -0.4 is 21.7 Å². The molecule has 0 saturated carbocycles. The Morgan fingerprint density at radius 2 is 1.77 bits per heavy atom. The van der Waals surface area contributed by atoms with E-state index in [-0.39, 0.29) is 25.2 Å². The van der Waals surface area contributed by atoms with Gasteiger partial charge >= 0.3 is 12.2 Å². The van der Waals surface area contributed by atoms with E-state index in [1.54, 1.807) is 12.1 Å². The van der Waals surface area contributed by atoms with Crippen molar-refractivity contribution in [2.75, 3.05) is 32.7 Å². The van der Waals surface area contributed by atoms with Gasteiger partial charge in [-0.3, -0.25) is 9.69 Å². The minimum absolute atomic E-state index is 0.205. The number of nitrogens with two attached hydrogens (primary N) is 1. The Hall–Kier alpha value is -2.33. The monoisotopic (exact) mass is 373 g/mol. The fourth-order valence-corrected chi connectivity index (χ4v) is 2.70. The van der Waals surface area contributed by atoms with E-state index >= 15 is 0 Å². The number of benzene rings is 1. The van der Waals surface area contributed by atoms with Crippen LogP contribution in [0.1, 0.15) is 15.9 Å². The summed E-state index contributed by atoms with van der Waals surface area (Å²) >= 11 is 0. The van der Waals surface area contributed by atoms with Crippen molar-refractivity contribution >= 4 is 11.9 Å². The van der Waals surface area contributed by atoms with Gasteiger partial charge in [0, 0.05) is 44.8 Å². The molecule has 0 aromatic heterocycles. The van der Waals surface area contributed by atoms with Crippen LogP contribution in [0, 0.1) is 0 Å². The third kappa shape index (κ3) is 5.88. The molecule has 0 aliphatic carbocycles. The van der Waals surface area contributed by atoms with E-state index in [2.05, 4.69) is 16.0 Å². The number of urea groups is 1. The SMILES string of the molecule is NC(=O)NCc1ccc(C(=O)NCC(N2CCNCC2)C(F)(F)F)cc1. The summed E-state index contributed by atoms with van der Waals surface area (Å²) in [4.78, 5) is 24.1. The van der Waals surface area contributed by atoms with Gasteiger partial charge in [-0.05, 0) is 17.7 Å². The highest BCUT2D eigenvalue weighted by molar-refractivity contribution is 5.94. The lowest BCUT2D eigenvalue weighted by atomic mass is 10.1. The Kier molecular flexibility index (Phi) is 6.81. The summed E-state index contributed by atoms with van der Waals surface area (Å²) in [5, 5.41) is 7.77. The van der Waals surface area contributed by atoms with E-state index in [9.17, 15) is 22.8 Å². The number of alkyl halides is 3. The lowest BCUT2D eigenvalue weighted by Crippen LogP contribution is -2.57. The fourth-order valence-electron chi connectivity index (χ4n) is 2.70. The van der Waals surface area contributed by atoms with Crippen LogP contribution >= 0.6 is 0 Å². The summed E-state index contributed by atoms with van der Waals surface area (Å²) in [6, 6.07) is 3.79. The van der Waals surface area contributed by atoms with Crippen LogP contribution in [-0.4, -0.2) is 61.8 Å². The molecule has 10 heteroatoms. The highest BCUT2D eigenvalue weighted by Crippen LogP contribution is 2.24. The molecule has 26 heavy (non-hydrogen) atoms. The first-order valence-electron chi connectivity index (χ1n) is 8.19. The first kappa shape index (κ1) is 20.0. The van der Waals surface area contributed by atoms with Gasteiger partial charge in [-0.25, -0.2) is 4.79 Å². The van der Waals surface area contributed by atoms with Crippen molar-refractivity contribution in [3.63, 3.8) is 0 Å². The van der Waals surface area contributed by atoms with Crippen molar-refractivity contribution in [3.05, 3.63) is 35.4 Å². The zero-order chi connectivity index (χ0) is 19.2. The van der Waals surface area contributed by atoms with Crippen LogP contribution in [-0.2, 0) is 6.54 Å². The maximum atomic E-state index is 13.3. The Morgan fingerprint density at radius 3 is 2.31 bits per heavy atom. The van der Waals surface area contributed by atoms with E-state index in [4.69, 9.17) is 5.73 Å². The summed E-state index contributed by atoms with van der Waals surface area (Å²) < 4.78 is 39.9. The van der Waals surface area contributed by atoms with Crippen molar-refractivity contribution in [2.24, 2.45) is 5.73 Å². The standard InChI is InChI=1S/C16H22F3N5O2/c17-16(18,19)13(24-7-5-21-6-8-24)10-22-14(25)12-3-1-11(2-4-12)9-23-15(20)26/h1-4,13,21H,5-10H2,(H,22,25)(H3,20,23,26). The van der Waals surface area contributed by atoms with Crippen LogP contribution in [0.3, 0.4) is 0 Å². The molecule has 2 rings (SSSR count). The lowest BCUT2D eigenvalue weighted by molar-refractivity contribution is -0.183. The smallest absolute Gasteiger partial charge is 0.352 e. The molecule has 5 N–H and O–H groups in total. The normalized spacial score (nSPS) is 16.7. The predicted molar refractivity (Wildman–Crippen MR) is 89.5 cm³/mol. The quantitative estimate of drug-likeness (QED) is 0.581. The second-order valence-corrected chi connectivity index (χ2v) is 5.97. The van der Waals surface area contributed by atoms with Gasteiger partial charge < -0.3 is 21.7 Å². The van der Waals surface area contributed by atoms with E-state index in [1.807, 2.05) is 0 Å². The van der Waals surface area contributed by atoms with Crippen molar-refractivity contribution in [2.45, 2.75) is 18.8 Å². The van der Waals surface area contributed by atoms with Crippen molar-refractivity contribution in [3.8, 4) is 0 Å². The van der Waals surface area contributed by atoms with Gasteiger partial charge in [0.25, 0.3) is 5.91 Å². The number of nitrogens with zero attached hydrogens (tertiary/aromatic N) is 1. The van der Waals surface area contributed by atoms with Gasteiger partial charge in [0.2, 0.25) is 0 Å². The third-order valence-corrected chi connectivity index (χ3v) is 4.11. The molecule has 0 bridgehead atoms. The zero-order valence-electron chi connectivity index (χ0n) is 14.1. The molecule has 1 saturated heterocycles. The van der Waals surface area contributed by atoms with E-state index in [0.717, 1.165) is 0 Å². The molecule has 0 spiro atoms. The molecular weight excluding hydrogens is 351 g/mol. The molecule has 1 aromatic rings. The molecule has 3 amide bonds. The zero-order valence-corrected chi connectivity index (χ0v) is 14.1. The summed E-state index contributed by atoms with van der Waals surface area (Å²) in [5.41, 5.74) is 5.93. The third-order valence-electron chi connectivity index (χ3n) is 4.11. The second-order valence-electron chi connectivity index (χ2n) is 5.97. The van der Waals surface area contributed by atoms with Gasteiger partial charge in [0.05, 0.1) is 0 Å². The van der Waals surface area contributed by atoms with Gasteiger partial charge in [-0.15, -0.1) is 0 Å². The Bertz CT molecular complexity index is 615. The number of piperazine rings is 1. The van der Waals surface area contributed by atoms with Gasteiger partial charge in [-0.2, -0.15) is 13.2 Å². The maximum absolute atomic E-state index is 13.3. The van der Waals surface area contributed by atoms with Gasteiger partial charge in [-0.1, -0.05) is 12.1 Å². The number of carbonyl (C=O) groups is 2. The number of primary amides is 1. The number of hydrogen-bond donors (Lipinski definition) is 4. The fraction of sp³-hybridized carbons (Fsp3) is 0.500. The molecule has 0 radical (unpaired) electrons. The van der Waals surface area contributed by atoms with Crippen molar-refractivity contribution in [1.29, 1.82) is 0 Å². The number of nitrogens with one attached hydrogen (secondary N) is 3. The van der Waals surface area contributed by atoms with E-state index in [0.29, 0.717) is 18.7 Å². The molecule has 1 fully saturated rings. The first-order valence-corrected chi connectivity index (χ1v) is 8.19. The number of hydrogen-bond acceptors (Lipinski definition) is 4. The number of amides is 3. The number of carbonyl (C=O) groups excluding carboxylic acids is 2. The Morgan fingerprint density at radius 1 is 1.15 bits per heavy atom. The van der Waals surface area contributed by atoms with E-state index < -0.39 is 30.7 Å². The largest absolute Gasteiger partial charge is 0.405 e. The molecule has 1 atom stereocenters. The van der Waals surface area contributed by atoms with Gasteiger partial charge in [0.15, 0.2) is 0 Å². The van der Waals surface area contributed by atoms with Crippen LogP contribution in [0.2, 0.25) is 0 Å². The Balaban J connectivity index is 1.93. The summed E-state index contributed by atoms with van der Waals surface area (Å²) in [5.74, 6) is -0.580. The molecule has 1 aliphatic heterocycles. The number of halogens is 3. The van der Waals surface area contributed by atoms with Crippen LogP contribution in [0.4, 0.5) is 18.0 Å². The summed E-state index contributed by atoms with van der Waals surface area (Å²) in [6.07, 6.45) is -4.42. The second kappa shape index (κ2) is 8.86. The summed E-state index contributed by atoms with van der Waals surface area (Å²) in [7, 11) is 0. The van der Waals surface area contributed by atoms with Crippen molar-refractivity contribution < 1.29 is 22.8 Å². The van der Waals surface area contributed by atoms with Crippen LogP contribution in [0.15, 0.2) is 24.3 Å².